The number of carbonyl (C=O) groups is 2. The Morgan fingerprint density at radius 1 is 1.30 bits per heavy atom. The van der Waals surface area contributed by atoms with Gasteiger partial charge in [0.1, 0.15) is 0 Å². The molecule has 1 heterocycles. The zero-order valence-electron chi connectivity index (χ0n) is 12.9. The minimum atomic E-state index is -2.68. The van der Waals surface area contributed by atoms with Gasteiger partial charge in [0.05, 0.1) is 6.61 Å². The van der Waals surface area contributed by atoms with E-state index < -0.39 is 17.9 Å². The zero-order valence-corrected chi connectivity index (χ0v) is 12.9. The number of rotatable bonds is 3. The van der Waals surface area contributed by atoms with Crippen LogP contribution in [0, 0.1) is 0 Å². The molecule has 1 aliphatic heterocycles. The van der Waals surface area contributed by atoms with Gasteiger partial charge < -0.3 is 9.64 Å². The van der Waals surface area contributed by atoms with Gasteiger partial charge in [0.15, 0.2) is 6.04 Å². The van der Waals surface area contributed by atoms with E-state index in [2.05, 4.69) is 0 Å². The predicted molar refractivity (Wildman–Crippen MR) is 79.2 cm³/mol. The minimum absolute atomic E-state index is 0.197. The Balaban J connectivity index is 1.92. The number of halogens is 2. The van der Waals surface area contributed by atoms with Crippen molar-refractivity contribution in [3.05, 3.63) is 35.4 Å². The maximum absolute atomic E-state index is 13.4. The molecule has 1 fully saturated rings. The molecule has 124 valence electrons. The lowest BCUT2D eigenvalue weighted by atomic mass is 9.90. The van der Waals surface area contributed by atoms with Gasteiger partial charge in [-0.05, 0) is 31.4 Å². The number of hydrogen-bond donors (Lipinski definition) is 0. The van der Waals surface area contributed by atoms with E-state index in [0.717, 1.165) is 0 Å². The van der Waals surface area contributed by atoms with Crippen LogP contribution < -0.4 is 0 Å². The summed E-state index contributed by atoms with van der Waals surface area (Å²) in [6.45, 7) is 1.91. The topological polar surface area (TPSA) is 46.6 Å². The number of nitrogens with zero attached hydrogens (tertiary/aromatic N) is 1. The van der Waals surface area contributed by atoms with E-state index in [0.29, 0.717) is 11.1 Å². The highest BCUT2D eigenvalue weighted by molar-refractivity contribution is 6.04. The second-order valence-electron chi connectivity index (χ2n) is 6.04. The molecule has 4 nitrogen and oxygen atoms in total. The summed E-state index contributed by atoms with van der Waals surface area (Å²) in [7, 11) is 0. The monoisotopic (exact) mass is 323 g/mol. The lowest BCUT2D eigenvalue weighted by Gasteiger charge is -2.37. The molecule has 0 bridgehead atoms. The molecule has 1 aliphatic carbocycles. The average Bonchev–Trinajstić information content (AvgIpc) is 2.81. The van der Waals surface area contributed by atoms with Crippen LogP contribution in [0.15, 0.2) is 24.3 Å². The Bertz CT molecular complexity index is 622. The number of benzene rings is 1. The molecule has 0 aromatic heterocycles. The van der Waals surface area contributed by atoms with Crippen LogP contribution in [-0.2, 0) is 9.53 Å². The first-order chi connectivity index (χ1) is 10.9. The van der Waals surface area contributed by atoms with E-state index in [1.807, 2.05) is 0 Å². The smallest absolute Gasteiger partial charge is 0.333 e. The molecule has 0 spiro atoms. The average molecular weight is 323 g/mol. The molecule has 1 saturated carbocycles. The van der Waals surface area contributed by atoms with Crippen LogP contribution in [0.4, 0.5) is 8.78 Å². The highest BCUT2D eigenvalue weighted by Gasteiger charge is 2.47. The van der Waals surface area contributed by atoms with Crippen LogP contribution in [-0.4, -0.2) is 35.3 Å². The van der Waals surface area contributed by atoms with Crippen LogP contribution in [0.1, 0.15) is 54.6 Å². The van der Waals surface area contributed by atoms with Crippen molar-refractivity contribution >= 4 is 11.9 Å². The van der Waals surface area contributed by atoms with Crippen molar-refractivity contribution in [3.63, 3.8) is 0 Å². The molecule has 1 atom stereocenters. The van der Waals surface area contributed by atoms with Crippen LogP contribution in [0.2, 0.25) is 0 Å². The summed E-state index contributed by atoms with van der Waals surface area (Å²) in [6.07, 6.45) is -0.119. The quantitative estimate of drug-likeness (QED) is 0.802. The Morgan fingerprint density at radius 3 is 2.61 bits per heavy atom. The lowest BCUT2D eigenvalue weighted by molar-refractivity contribution is -0.150. The standard InChI is InChI=1S/C17H19F2NO3/c1-2-23-16(22)14-12-5-3-4-6-13(12)15(21)20(14)11-7-9-17(18,19)10-8-11/h3-6,11,14H,2,7-10H2,1H3. The summed E-state index contributed by atoms with van der Waals surface area (Å²) < 4.78 is 31.9. The molecule has 1 amide bonds. The third-order valence-corrected chi connectivity index (χ3v) is 4.59. The van der Waals surface area contributed by atoms with Crippen LogP contribution in [0.3, 0.4) is 0 Å². The Morgan fingerprint density at radius 2 is 1.96 bits per heavy atom. The highest BCUT2D eigenvalue weighted by Crippen LogP contribution is 2.42. The number of ether oxygens (including phenoxy) is 1. The fourth-order valence-electron chi connectivity index (χ4n) is 3.48. The molecule has 1 unspecified atom stereocenters. The van der Waals surface area contributed by atoms with E-state index >= 15 is 0 Å². The number of hydrogen-bond acceptors (Lipinski definition) is 3. The maximum Gasteiger partial charge on any atom is 0.333 e. The molecule has 0 radical (unpaired) electrons. The first kappa shape index (κ1) is 15.9. The fraction of sp³-hybridized carbons (Fsp3) is 0.529. The van der Waals surface area contributed by atoms with Crippen molar-refractivity contribution in [2.24, 2.45) is 0 Å². The Labute approximate surface area is 133 Å². The van der Waals surface area contributed by atoms with E-state index in [4.69, 9.17) is 4.74 Å². The molecular weight excluding hydrogens is 304 g/mol. The van der Waals surface area contributed by atoms with Gasteiger partial charge >= 0.3 is 5.97 Å². The molecule has 0 N–H and O–H groups in total. The van der Waals surface area contributed by atoms with Crippen molar-refractivity contribution in [2.45, 2.75) is 50.6 Å². The first-order valence-corrected chi connectivity index (χ1v) is 7.90. The van der Waals surface area contributed by atoms with Crippen molar-refractivity contribution in [1.82, 2.24) is 4.90 Å². The van der Waals surface area contributed by atoms with Gasteiger partial charge in [-0.2, -0.15) is 0 Å². The largest absolute Gasteiger partial charge is 0.464 e. The number of alkyl halides is 2. The third kappa shape index (κ3) is 2.82. The molecule has 6 heteroatoms. The van der Waals surface area contributed by atoms with Crippen molar-refractivity contribution in [1.29, 1.82) is 0 Å². The lowest BCUT2D eigenvalue weighted by Crippen LogP contribution is -2.45. The number of carbonyl (C=O) groups excluding carboxylic acids is 2. The summed E-state index contributed by atoms with van der Waals surface area (Å²) in [5, 5.41) is 0. The molecule has 0 saturated heterocycles. The maximum atomic E-state index is 13.4. The molecule has 23 heavy (non-hydrogen) atoms. The van der Waals surface area contributed by atoms with Crippen molar-refractivity contribution < 1.29 is 23.1 Å². The number of esters is 1. The Hall–Kier alpha value is -1.98. The van der Waals surface area contributed by atoms with Gasteiger partial charge in [-0.1, -0.05) is 18.2 Å². The van der Waals surface area contributed by atoms with Gasteiger partial charge in [-0.3, -0.25) is 4.79 Å². The van der Waals surface area contributed by atoms with Gasteiger partial charge in [0, 0.05) is 24.4 Å². The van der Waals surface area contributed by atoms with Crippen LogP contribution in [0.25, 0.3) is 0 Å². The predicted octanol–water partition coefficient (Wildman–Crippen LogP) is 3.32. The molecule has 1 aromatic rings. The van der Waals surface area contributed by atoms with Crippen molar-refractivity contribution in [3.8, 4) is 0 Å². The van der Waals surface area contributed by atoms with Gasteiger partial charge in [-0.15, -0.1) is 0 Å². The zero-order chi connectivity index (χ0) is 16.6. The number of fused-ring (bicyclic) bond motifs is 1. The van der Waals surface area contributed by atoms with Gasteiger partial charge in [0.25, 0.3) is 5.91 Å². The van der Waals surface area contributed by atoms with Gasteiger partial charge in [-0.25, -0.2) is 13.6 Å². The van der Waals surface area contributed by atoms with Crippen molar-refractivity contribution in [2.75, 3.05) is 6.61 Å². The van der Waals surface area contributed by atoms with E-state index in [-0.39, 0.29) is 44.2 Å². The SMILES string of the molecule is CCOC(=O)C1c2ccccc2C(=O)N1C1CCC(F)(F)CC1. The summed E-state index contributed by atoms with van der Waals surface area (Å²) in [6, 6.07) is 5.71. The molecular formula is C17H19F2NO3. The van der Waals surface area contributed by atoms with E-state index in [9.17, 15) is 18.4 Å². The first-order valence-electron chi connectivity index (χ1n) is 7.90. The highest BCUT2D eigenvalue weighted by atomic mass is 19.3. The molecule has 2 aliphatic rings. The molecule has 3 rings (SSSR count). The Kier molecular flexibility index (Phi) is 4.08. The number of amides is 1. The fourth-order valence-corrected chi connectivity index (χ4v) is 3.48. The third-order valence-electron chi connectivity index (χ3n) is 4.59. The summed E-state index contributed by atoms with van der Waals surface area (Å²) in [5.41, 5.74) is 1.07. The summed E-state index contributed by atoms with van der Waals surface area (Å²) >= 11 is 0. The van der Waals surface area contributed by atoms with Crippen LogP contribution >= 0.6 is 0 Å². The molecule has 1 aromatic carbocycles. The summed E-state index contributed by atoms with van der Waals surface area (Å²) in [5.74, 6) is -3.44. The minimum Gasteiger partial charge on any atom is -0.464 e. The van der Waals surface area contributed by atoms with E-state index in [1.165, 1.54) is 4.90 Å². The van der Waals surface area contributed by atoms with E-state index in [1.54, 1.807) is 31.2 Å². The van der Waals surface area contributed by atoms with Gasteiger partial charge in [0.2, 0.25) is 5.92 Å². The van der Waals surface area contributed by atoms with Crippen LogP contribution in [0.5, 0.6) is 0 Å². The second-order valence-corrected chi connectivity index (χ2v) is 6.04. The normalized spacial score (nSPS) is 23.7. The summed E-state index contributed by atoms with van der Waals surface area (Å²) in [4.78, 5) is 26.5. The second kappa shape index (κ2) is 5.91.